The Hall–Kier alpha value is -0.650. The minimum absolute atomic E-state index is 0.0941. The lowest BCUT2D eigenvalue weighted by molar-refractivity contribution is -0.162. The van der Waals surface area contributed by atoms with Crippen LogP contribution in [0.3, 0.4) is 0 Å². The summed E-state index contributed by atoms with van der Waals surface area (Å²) in [5.74, 6) is -0.698. The van der Waals surface area contributed by atoms with E-state index in [1.54, 1.807) is 0 Å². The Morgan fingerprint density at radius 2 is 2.28 bits per heavy atom. The lowest BCUT2D eigenvalue weighted by atomic mass is 9.73. The zero-order chi connectivity index (χ0) is 12.6. The van der Waals surface area contributed by atoms with E-state index in [0.29, 0.717) is 12.6 Å². The summed E-state index contributed by atoms with van der Waals surface area (Å²) in [6.45, 7) is 3.10. The molecule has 2 atom stereocenters. The van der Waals surface area contributed by atoms with Crippen molar-refractivity contribution >= 4 is 5.97 Å². The van der Waals surface area contributed by atoms with Gasteiger partial charge in [-0.3, -0.25) is 9.69 Å². The Labute approximate surface area is 107 Å². The Balaban J connectivity index is 1.69. The molecule has 0 aromatic carbocycles. The van der Waals surface area contributed by atoms with Crippen LogP contribution in [0.5, 0.6) is 0 Å². The van der Waals surface area contributed by atoms with Crippen molar-refractivity contribution in [3.8, 4) is 0 Å². The molecule has 0 amide bonds. The number of ether oxygens (including phenoxy) is 1. The van der Waals surface area contributed by atoms with E-state index in [0.717, 1.165) is 45.4 Å². The van der Waals surface area contributed by atoms with Crippen LogP contribution in [0.1, 0.15) is 32.1 Å². The Bertz CT molecular complexity index is 330. The molecule has 3 fully saturated rings. The molecular formula is C13H22N2O3. The van der Waals surface area contributed by atoms with Crippen LogP contribution in [0.2, 0.25) is 0 Å². The summed E-state index contributed by atoms with van der Waals surface area (Å²) in [7, 11) is 0. The van der Waals surface area contributed by atoms with Gasteiger partial charge in [0.2, 0.25) is 0 Å². The molecule has 2 heterocycles. The summed E-state index contributed by atoms with van der Waals surface area (Å²) in [6.07, 6.45) is 5.58. The smallest absolute Gasteiger partial charge is 0.322 e. The average Bonchev–Trinajstić information content (AvgIpc) is 2.37. The maximum Gasteiger partial charge on any atom is 0.322 e. The second-order valence-electron chi connectivity index (χ2n) is 5.83. The van der Waals surface area contributed by atoms with Crippen molar-refractivity contribution in [2.45, 2.75) is 49.8 Å². The van der Waals surface area contributed by atoms with Gasteiger partial charge in [0, 0.05) is 32.3 Å². The number of aliphatic carboxylic acids is 1. The third-order valence-electron chi connectivity index (χ3n) is 4.77. The van der Waals surface area contributed by atoms with Crippen molar-refractivity contribution in [3.63, 3.8) is 0 Å². The van der Waals surface area contributed by atoms with E-state index in [4.69, 9.17) is 4.74 Å². The van der Waals surface area contributed by atoms with Gasteiger partial charge in [0.25, 0.3) is 0 Å². The summed E-state index contributed by atoms with van der Waals surface area (Å²) in [4.78, 5) is 13.5. The molecule has 1 saturated carbocycles. The Kier molecular flexibility index (Phi) is 3.30. The predicted molar refractivity (Wildman–Crippen MR) is 66.6 cm³/mol. The highest BCUT2D eigenvalue weighted by Gasteiger charge is 2.45. The molecule has 2 unspecified atom stereocenters. The van der Waals surface area contributed by atoms with Gasteiger partial charge in [0.15, 0.2) is 0 Å². The SMILES string of the molecule is O=C(O)C1CNCCN1C1CCOC2(CCC2)C1. The first-order valence-corrected chi connectivity index (χ1v) is 7.03. The lowest BCUT2D eigenvalue weighted by Gasteiger charge is -2.51. The highest BCUT2D eigenvalue weighted by Crippen LogP contribution is 2.43. The van der Waals surface area contributed by atoms with Crippen LogP contribution in [0.25, 0.3) is 0 Å². The van der Waals surface area contributed by atoms with E-state index in [2.05, 4.69) is 10.2 Å². The number of carbonyl (C=O) groups is 1. The first-order valence-electron chi connectivity index (χ1n) is 7.03. The first kappa shape index (κ1) is 12.4. The summed E-state index contributed by atoms with van der Waals surface area (Å²) in [5.41, 5.74) is 0.0941. The number of carboxylic acid groups (broad SMARTS) is 1. The second kappa shape index (κ2) is 4.79. The zero-order valence-electron chi connectivity index (χ0n) is 10.7. The van der Waals surface area contributed by atoms with E-state index < -0.39 is 5.97 Å². The molecular weight excluding hydrogens is 232 g/mol. The maximum atomic E-state index is 11.3. The number of nitrogens with one attached hydrogen (secondary N) is 1. The number of hydrogen-bond donors (Lipinski definition) is 2. The topological polar surface area (TPSA) is 61.8 Å². The van der Waals surface area contributed by atoms with Crippen molar-refractivity contribution in [1.29, 1.82) is 0 Å². The molecule has 0 aromatic heterocycles. The van der Waals surface area contributed by atoms with Gasteiger partial charge in [0.05, 0.1) is 5.60 Å². The molecule has 0 aromatic rings. The van der Waals surface area contributed by atoms with E-state index in [9.17, 15) is 9.90 Å². The minimum atomic E-state index is -0.698. The number of hydrogen-bond acceptors (Lipinski definition) is 4. The van der Waals surface area contributed by atoms with Gasteiger partial charge in [0.1, 0.15) is 6.04 Å². The van der Waals surface area contributed by atoms with E-state index in [1.165, 1.54) is 6.42 Å². The summed E-state index contributed by atoms with van der Waals surface area (Å²) < 4.78 is 5.93. The van der Waals surface area contributed by atoms with Crippen LogP contribution < -0.4 is 5.32 Å². The molecule has 3 rings (SSSR count). The first-order chi connectivity index (χ1) is 8.70. The van der Waals surface area contributed by atoms with Crippen LogP contribution in [-0.4, -0.2) is 59.9 Å². The van der Waals surface area contributed by atoms with Gasteiger partial charge in [-0.15, -0.1) is 0 Å². The summed E-state index contributed by atoms with van der Waals surface area (Å²) >= 11 is 0. The summed E-state index contributed by atoms with van der Waals surface area (Å²) in [5, 5.41) is 12.5. The molecule has 2 aliphatic heterocycles. The summed E-state index contributed by atoms with van der Waals surface area (Å²) in [6, 6.07) is 0.0289. The lowest BCUT2D eigenvalue weighted by Crippen LogP contribution is -2.61. The number of carboxylic acids is 1. The number of nitrogens with zero attached hydrogens (tertiary/aromatic N) is 1. The monoisotopic (exact) mass is 254 g/mol. The van der Waals surface area contributed by atoms with Crippen LogP contribution in [0.15, 0.2) is 0 Å². The standard InChI is InChI=1S/C13H22N2O3/c16-12(17)11-9-14-5-6-15(11)10-2-7-18-13(8-10)3-1-4-13/h10-11,14H,1-9H2,(H,16,17). The van der Waals surface area contributed by atoms with Crippen LogP contribution >= 0.6 is 0 Å². The van der Waals surface area contributed by atoms with E-state index in [1.807, 2.05) is 0 Å². The maximum absolute atomic E-state index is 11.3. The fourth-order valence-electron chi connectivity index (χ4n) is 3.59. The largest absolute Gasteiger partial charge is 0.480 e. The molecule has 18 heavy (non-hydrogen) atoms. The molecule has 5 heteroatoms. The molecule has 2 N–H and O–H groups in total. The van der Waals surface area contributed by atoms with Crippen LogP contribution in [0.4, 0.5) is 0 Å². The normalized spacial score (nSPS) is 36.2. The van der Waals surface area contributed by atoms with Gasteiger partial charge < -0.3 is 15.2 Å². The number of rotatable bonds is 2. The predicted octanol–water partition coefficient (Wildman–Crippen LogP) is 0.446. The van der Waals surface area contributed by atoms with Gasteiger partial charge in [-0.25, -0.2) is 0 Å². The fourth-order valence-corrected chi connectivity index (χ4v) is 3.59. The van der Waals surface area contributed by atoms with E-state index >= 15 is 0 Å². The minimum Gasteiger partial charge on any atom is -0.480 e. The molecule has 3 aliphatic rings. The second-order valence-corrected chi connectivity index (χ2v) is 5.83. The molecule has 1 aliphatic carbocycles. The van der Waals surface area contributed by atoms with Gasteiger partial charge in [-0.1, -0.05) is 0 Å². The highest BCUT2D eigenvalue weighted by molar-refractivity contribution is 5.74. The fraction of sp³-hybridized carbons (Fsp3) is 0.923. The average molecular weight is 254 g/mol. The quantitative estimate of drug-likeness (QED) is 0.749. The third kappa shape index (κ3) is 2.15. The molecule has 0 bridgehead atoms. The van der Waals surface area contributed by atoms with Gasteiger partial charge in [-0.05, 0) is 32.1 Å². The molecule has 0 radical (unpaired) electrons. The molecule has 2 saturated heterocycles. The highest BCUT2D eigenvalue weighted by atomic mass is 16.5. The number of piperazine rings is 1. The van der Waals surface area contributed by atoms with Crippen molar-refractivity contribution < 1.29 is 14.6 Å². The van der Waals surface area contributed by atoms with Crippen molar-refractivity contribution in [2.24, 2.45) is 0 Å². The van der Waals surface area contributed by atoms with Crippen molar-refractivity contribution in [1.82, 2.24) is 10.2 Å². The molecule has 5 nitrogen and oxygen atoms in total. The van der Waals surface area contributed by atoms with Crippen LogP contribution in [0, 0.1) is 0 Å². The van der Waals surface area contributed by atoms with Gasteiger partial charge >= 0.3 is 5.97 Å². The van der Waals surface area contributed by atoms with Crippen LogP contribution in [-0.2, 0) is 9.53 Å². The van der Waals surface area contributed by atoms with Crippen molar-refractivity contribution in [3.05, 3.63) is 0 Å². The Morgan fingerprint density at radius 3 is 2.94 bits per heavy atom. The molecule has 1 spiro atoms. The third-order valence-corrected chi connectivity index (χ3v) is 4.77. The molecule has 102 valence electrons. The van der Waals surface area contributed by atoms with Gasteiger partial charge in [-0.2, -0.15) is 0 Å². The Morgan fingerprint density at radius 1 is 1.44 bits per heavy atom. The van der Waals surface area contributed by atoms with E-state index in [-0.39, 0.29) is 11.6 Å². The van der Waals surface area contributed by atoms with Crippen molar-refractivity contribution in [2.75, 3.05) is 26.2 Å². The zero-order valence-corrected chi connectivity index (χ0v) is 10.7.